The highest BCUT2D eigenvalue weighted by molar-refractivity contribution is 9.10. The van der Waals surface area contributed by atoms with Crippen LogP contribution in [-0.2, 0) is 16.0 Å². The Morgan fingerprint density at radius 1 is 1.32 bits per heavy atom. The Morgan fingerprint density at radius 2 is 2.09 bits per heavy atom. The Hall–Kier alpha value is -3.60. The lowest BCUT2D eigenvalue weighted by atomic mass is 10.2. The number of para-hydroxylation sites is 1. The molecule has 1 heterocycles. The number of aryl methyl sites for hydroxylation is 1. The maximum atomic E-state index is 13.2. The fraction of sp³-hybridized carbons (Fsp3) is 0.304. The maximum absolute atomic E-state index is 13.2. The van der Waals surface area contributed by atoms with Gasteiger partial charge in [-0.15, -0.1) is 0 Å². The van der Waals surface area contributed by atoms with E-state index >= 15 is 0 Å². The molecule has 34 heavy (non-hydrogen) atoms. The summed E-state index contributed by atoms with van der Waals surface area (Å²) in [5.74, 6) is -0.362. The second-order valence-corrected chi connectivity index (χ2v) is 8.18. The molecule has 3 aromatic rings. The van der Waals surface area contributed by atoms with Crippen molar-refractivity contribution in [1.82, 2.24) is 9.66 Å². The Kier molecular flexibility index (Phi) is 8.11. The molecule has 0 aliphatic rings. The zero-order valence-electron chi connectivity index (χ0n) is 18.9. The standard InChI is InChI=1S/C23H23BrN4O6/c1-4-7-20-26-18-11-10-16(24)12-17(18)22(29)27(20)25-13-15-8-6-9-19(28(31)32)21(15)34-14(3)23(30)33-5-2/h6,8-14H,4-5,7H2,1-3H3/t14-/m1/s1. The Balaban J connectivity index is 2.12. The number of ether oxygens (including phenoxy) is 2. The summed E-state index contributed by atoms with van der Waals surface area (Å²) in [5.41, 5.74) is 0.0420. The third-order valence-electron chi connectivity index (χ3n) is 4.80. The van der Waals surface area contributed by atoms with Gasteiger partial charge < -0.3 is 9.47 Å². The molecule has 0 unspecified atom stereocenters. The van der Waals surface area contributed by atoms with E-state index < -0.39 is 17.0 Å². The number of aromatic nitrogens is 2. The number of carbonyl (C=O) groups is 1. The monoisotopic (exact) mass is 530 g/mol. The maximum Gasteiger partial charge on any atom is 0.347 e. The highest BCUT2D eigenvalue weighted by Crippen LogP contribution is 2.31. The van der Waals surface area contributed by atoms with E-state index in [2.05, 4.69) is 26.0 Å². The van der Waals surface area contributed by atoms with E-state index in [1.807, 2.05) is 6.92 Å². The van der Waals surface area contributed by atoms with Crippen LogP contribution in [0.1, 0.15) is 38.6 Å². The van der Waals surface area contributed by atoms with E-state index in [0.717, 1.165) is 10.9 Å². The van der Waals surface area contributed by atoms with Crippen LogP contribution in [0.4, 0.5) is 5.69 Å². The van der Waals surface area contributed by atoms with Gasteiger partial charge in [0.2, 0.25) is 5.75 Å². The number of nitrogens with zero attached hydrogens (tertiary/aromatic N) is 4. The fourth-order valence-electron chi connectivity index (χ4n) is 3.22. The summed E-state index contributed by atoms with van der Waals surface area (Å²) in [5, 5.41) is 16.3. The predicted octanol–water partition coefficient (Wildman–Crippen LogP) is 4.23. The van der Waals surface area contributed by atoms with Crippen LogP contribution in [0.3, 0.4) is 0 Å². The molecule has 0 saturated carbocycles. The molecule has 3 rings (SSSR count). The van der Waals surface area contributed by atoms with Gasteiger partial charge in [0.1, 0.15) is 5.82 Å². The van der Waals surface area contributed by atoms with Gasteiger partial charge in [0, 0.05) is 22.5 Å². The molecule has 0 bridgehead atoms. The van der Waals surface area contributed by atoms with Crippen LogP contribution in [0.15, 0.2) is 50.8 Å². The predicted molar refractivity (Wildman–Crippen MR) is 131 cm³/mol. The van der Waals surface area contributed by atoms with Crippen LogP contribution in [0, 0.1) is 10.1 Å². The van der Waals surface area contributed by atoms with Gasteiger partial charge in [-0.05, 0) is 44.5 Å². The summed E-state index contributed by atoms with van der Waals surface area (Å²) in [6.07, 6.45) is 1.42. The highest BCUT2D eigenvalue weighted by Gasteiger charge is 2.24. The lowest BCUT2D eigenvalue weighted by molar-refractivity contribution is -0.386. The number of nitro groups is 1. The summed E-state index contributed by atoms with van der Waals surface area (Å²) in [6.45, 7) is 5.18. The molecule has 0 aliphatic heterocycles. The van der Waals surface area contributed by atoms with Crippen molar-refractivity contribution in [1.29, 1.82) is 0 Å². The van der Waals surface area contributed by atoms with E-state index in [-0.39, 0.29) is 29.2 Å². The molecule has 10 nitrogen and oxygen atoms in total. The van der Waals surface area contributed by atoms with Gasteiger partial charge in [0.05, 0.1) is 28.6 Å². The van der Waals surface area contributed by atoms with Crippen molar-refractivity contribution in [3.8, 4) is 5.75 Å². The number of esters is 1. The number of nitro benzene ring substituents is 1. The lowest BCUT2D eigenvalue weighted by Crippen LogP contribution is -2.27. The average molecular weight is 531 g/mol. The van der Waals surface area contributed by atoms with Gasteiger partial charge in [-0.25, -0.2) is 9.78 Å². The first kappa shape index (κ1) is 25.0. The van der Waals surface area contributed by atoms with E-state index in [4.69, 9.17) is 9.47 Å². The van der Waals surface area contributed by atoms with E-state index in [0.29, 0.717) is 23.1 Å². The third kappa shape index (κ3) is 5.48. The second-order valence-electron chi connectivity index (χ2n) is 7.27. The van der Waals surface area contributed by atoms with E-state index in [9.17, 15) is 19.7 Å². The summed E-state index contributed by atoms with van der Waals surface area (Å²) in [4.78, 5) is 40.8. The van der Waals surface area contributed by atoms with Crippen molar-refractivity contribution >= 4 is 44.7 Å². The molecular weight excluding hydrogens is 508 g/mol. The minimum Gasteiger partial charge on any atom is -0.471 e. The summed E-state index contributed by atoms with van der Waals surface area (Å²) >= 11 is 3.36. The molecule has 0 fully saturated rings. The highest BCUT2D eigenvalue weighted by atomic mass is 79.9. The van der Waals surface area contributed by atoms with Gasteiger partial charge in [-0.3, -0.25) is 14.9 Å². The molecule has 0 saturated heterocycles. The minimum atomic E-state index is -1.09. The molecule has 0 spiro atoms. The van der Waals surface area contributed by atoms with E-state index in [1.54, 1.807) is 31.2 Å². The van der Waals surface area contributed by atoms with Crippen molar-refractivity contribution in [2.24, 2.45) is 5.10 Å². The normalized spacial score (nSPS) is 12.1. The number of halogens is 1. The van der Waals surface area contributed by atoms with Crippen molar-refractivity contribution in [2.45, 2.75) is 39.7 Å². The largest absolute Gasteiger partial charge is 0.471 e. The molecule has 178 valence electrons. The molecule has 1 aromatic heterocycles. The average Bonchev–Trinajstić information content (AvgIpc) is 2.80. The van der Waals surface area contributed by atoms with Crippen molar-refractivity contribution in [3.05, 3.63) is 72.7 Å². The van der Waals surface area contributed by atoms with Crippen LogP contribution >= 0.6 is 15.9 Å². The molecule has 2 aromatic carbocycles. The van der Waals surface area contributed by atoms with Gasteiger partial charge in [-0.2, -0.15) is 9.78 Å². The molecule has 0 amide bonds. The second kappa shape index (κ2) is 11.0. The first-order valence-electron chi connectivity index (χ1n) is 10.6. The molecule has 0 aliphatic carbocycles. The zero-order chi connectivity index (χ0) is 24.8. The van der Waals surface area contributed by atoms with Gasteiger partial charge in [0.25, 0.3) is 5.56 Å². The molecule has 11 heteroatoms. The lowest BCUT2D eigenvalue weighted by Gasteiger charge is -2.15. The number of carbonyl (C=O) groups excluding carboxylic acids is 1. The van der Waals surface area contributed by atoms with Crippen molar-refractivity contribution in [3.63, 3.8) is 0 Å². The summed E-state index contributed by atoms with van der Waals surface area (Å²) in [6, 6.07) is 9.47. The van der Waals surface area contributed by atoms with Gasteiger partial charge in [0.15, 0.2) is 6.10 Å². The Morgan fingerprint density at radius 3 is 2.76 bits per heavy atom. The molecule has 1 atom stereocenters. The quantitative estimate of drug-likeness (QED) is 0.175. The molecular formula is C23H23BrN4O6. The SMILES string of the molecule is CCCc1nc2ccc(Br)cc2c(=O)n1N=Cc1cccc([N+](=O)[O-])c1O[C@H](C)C(=O)OCC. The third-order valence-corrected chi connectivity index (χ3v) is 5.29. The first-order valence-corrected chi connectivity index (χ1v) is 11.4. The van der Waals surface area contributed by atoms with Gasteiger partial charge in [-0.1, -0.05) is 28.9 Å². The van der Waals surface area contributed by atoms with Crippen LogP contribution < -0.4 is 10.3 Å². The topological polar surface area (TPSA) is 126 Å². The van der Waals surface area contributed by atoms with Crippen LogP contribution in [0.25, 0.3) is 10.9 Å². The number of hydrogen-bond donors (Lipinski definition) is 0. The minimum absolute atomic E-state index is 0.145. The van der Waals surface area contributed by atoms with Crippen LogP contribution in [-0.4, -0.2) is 39.5 Å². The number of rotatable bonds is 9. The fourth-order valence-corrected chi connectivity index (χ4v) is 3.58. The smallest absolute Gasteiger partial charge is 0.347 e. The zero-order valence-corrected chi connectivity index (χ0v) is 20.4. The Bertz CT molecular complexity index is 1320. The molecule has 0 N–H and O–H groups in total. The van der Waals surface area contributed by atoms with Crippen molar-refractivity contribution < 1.29 is 19.2 Å². The van der Waals surface area contributed by atoms with Crippen LogP contribution in [0.5, 0.6) is 5.75 Å². The summed E-state index contributed by atoms with van der Waals surface area (Å²) < 4.78 is 12.4. The van der Waals surface area contributed by atoms with Crippen molar-refractivity contribution in [2.75, 3.05) is 6.61 Å². The number of benzene rings is 2. The number of hydrogen-bond acceptors (Lipinski definition) is 8. The van der Waals surface area contributed by atoms with Crippen LogP contribution in [0.2, 0.25) is 0 Å². The summed E-state index contributed by atoms with van der Waals surface area (Å²) in [7, 11) is 0. The van der Waals surface area contributed by atoms with Gasteiger partial charge >= 0.3 is 11.7 Å². The number of fused-ring (bicyclic) bond motifs is 1. The Labute approximate surface area is 203 Å². The first-order chi connectivity index (χ1) is 16.3. The molecule has 0 radical (unpaired) electrons. The van der Waals surface area contributed by atoms with E-state index in [1.165, 1.54) is 29.9 Å².